The number of halogens is 1. The molecular weight excluding hydrogens is 249 g/mol. The van der Waals surface area contributed by atoms with Crippen LogP contribution in [0, 0.1) is 5.82 Å². The van der Waals surface area contributed by atoms with Crippen molar-refractivity contribution in [2.75, 3.05) is 11.6 Å². The highest BCUT2D eigenvalue weighted by atomic mass is 32.1. The molecule has 3 nitrogen and oxygen atoms in total. The summed E-state index contributed by atoms with van der Waals surface area (Å²) in [5.74, 6) is 5.71. The van der Waals surface area contributed by atoms with E-state index in [4.69, 9.17) is 5.84 Å². The van der Waals surface area contributed by atoms with Gasteiger partial charge >= 0.3 is 0 Å². The number of nitrogens with zero attached hydrogens (tertiary/aromatic N) is 2. The number of fused-ring (bicyclic) bond motifs is 1. The summed E-state index contributed by atoms with van der Waals surface area (Å²) in [6.07, 6.45) is 4.70. The molecule has 0 atom stereocenters. The van der Waals surface area contributed by atoms with Crippen molar-refractivity contribution in [1.82, 2.24) is 4.98 Å². The van der Waals surface area contributed by atoms with Gasteiger partial charge in [0.05, 0.1) is 10.2 Å². The molecule has 5 heteroatoms. The zero-order valence-corrected chi connectivity index (χ0v) is 11.3. The minimum atomic E-state index is -0.258. The number of unbranched alkanes of at least 4 members (excludes halogenated alkanes) is 3. The van der Waals surface area contributed by atoms with Crippen LogP contribution in [0.5, 0.6) is 0 Å². The van der Waals surface area contributed by atoms with Gasteiger partial charge in [0.15, 0.2) is 0 Å². The van der Waals surface area contributed by atoms with Gasteiger partial charge in [-0.1, -0.05) is 37.5 Å². The van der Waals surface area contributed by atoms with Crippen LogP contribution in [-0.2, 0) is 0 Å². The minimum Gasteiger partial charge on any atom is -0.286 e. The molecule has 98 valence electrons. The number of nitrogens with two attached hydrogens (primary N) is 1. The molecule has 0 aliphatic carbocycles. The first-order chi connectivity index (χ1) is 8.70. The van der Waals surface area contributed by atoms with Crippen LogP contribution in [0.15, 0.2) is 18.2 Å². The van der Waals surface area contributed by atoms with Gasteiger partial charge in [-0.3, -0.25) is 5.01 Å². The standard InChI is InChI=1S/C13H18FN3S/c1-2-3-4-5-8-17(15)13-16-11-9-10(14)6-7-12(11)18-13/h6-7,9H,2-5,8,15H2,1H3. The summed E-state index contributed by atoms with van der Waals surface area (Å²) in [6, 6.07) is 4.64. The molecule has 0 radical (unpaired) electrons. The molecule has 0 spiro atoms. The fraction of sp³-hybridized carbons (Fsp3) is 0.462. The number of benzene rings is 1. The average molecular weight is 267 g/mol. The first-order valence-corrected chi connectivity index (χ1v) is 7.10. The third-order valence-electron chi connectivity index (χ3n) is 2.84. The number of aromatic nitrogens is 1. The molecular formula is C13H18FN3S. The van der Waals surface area contributed by atoms with E-state index >= 15 is 0 Å². The van der Waals surface area contributed by atoms with Gasteiger partial charge < -0.3 is 0 Å². The molecule has 0 bridgehead atoms. The number of hydrazine groups is 1. The highest BCUT2D eigenvalue weighted by molar-refractivity contribution is 7.22. The number of rotatable bonds is 6. The molecule has 0 saturated heterocycles. The molecule has 0 aliphatic heterocycles. The Morgan fingerprint density at radius 3 is 2.94 bits per heavy atom. The van der Waals surface area contributed by atoms with Crippen molar-refractivity contribution < 1.29 is 4.39 Å². The smallest absolute Gasteiger partial charge is 0.200 e. The monoisotopic (exact) mass is 267 g/mol. The highest BCUT2D eigenvalue weighted by Crippen LogP contribution is 2.28. The fourth-order valence-electron chi connectivity index (χ4n) is 1.82. The third kappa shape index (κ3) is 3.17. The van der Waals surface area contributed by atoms with E-state index in [1.807, 2.05) is 0 Å². The van der Waals surface area contributed by atoms with E-state index in [0.717, 1.165) is 22.8 Å². The Labute approximate surface area is 110 Å². The molecule has 1 aromatic carbocycles. The van der Waals surface area contributed by atoms with Gasteiger partial charge in [-0.15, -0.1) is 0 Å². The quantitative estimate of drug-likeness (QED) is 0.493. The summed E-state index contributed by atoms with van der Waals surface area (Å²) in [5, 5.41) is 2.42. The SMILES string of the molecule is CCCCCCN(N)c1nc2cc(F)ccc2s1. The van der Waals surface area contributed by atoms with E-state index in [9.17, 15) is 4.39 Å². The summed E-state index contributed by atoms with van der Waals surface area (Å²) < 4.78 is 14.0. The van der Waals surface area contributed by atoms with Crippen LogP contribution in [-0.4, -0.2) is 11.5 Å². The fourth-order valence-corrected chi connectivity index (χ4v) is 2.71. The van der Waals surface area contributed by atoms with Crippen molar-refractivity contribution >= 4 is 26.7 Å². The molecule has 0 saturated carbocycles. The van der Waals surface area contributed by atoms with Gasteiger partial charge in [-0.05, 0) is 18.6 Å². The summed E-state index contributed by atoms with van der Waals surface area (Å²) >= 11 is 1.50. The van der Waals surface area contributed by atoms with Crippen LogP contribution < -0.4 is 10.9 Å². The average Bonchev–Trinajstić information content (AvgIpc) is 2.77. The maximum atomic E-state index is 13.1. The number of hydrogen-bond acceptors (Lipinski definition) is 4. The van der Waals surface area contributed by atoms with Crippen LogP contribution in [0.25, 0.3) is 10.2 Å². The topological polar surface area (TPSA) is 42.1 Å². The van der Waals surface area contributed by atoms with Crippen LogP contribution in [0.1, 0.15) is 32.6 Å². The predicted molar refractivity (Wildman–Crippen MR) is 75.3 cm³/mol. The lowest BCUT2D eigenvalue weighted by atomic mass is 10.2. The second-order valence-corrected chi connectivity index (χ2v) is 5.37. The van der Waals surface area contributed by atoms with E-state index in [1.165, 1.54) is 42.7 Å². The Morgan fingerprint density at radius 2 is 2.17 bits per heavy atom. The molecule has 0 fully saturated rings. The summed E-state index contributed by atoms with van der Waals surface area (Å²) in [4.78, 5) is 4.35. The Morgan fingerprint density at radius 1 is 1.33 bits per heavy atom. The molecule has 2 aromatic rings. The van der Waals surface area contributed by atoms with Gasteiger partial charge in [0, 0.05) is 12.6 Å². The Balaban J connectivity index is 2.01. The van der Waals surface area contributed by atoms with E-state index in [1.54, 1.807) is 11.1 Å². The Hall–Kier alpha value is -1.20. The van der Waals surface area contributed by atoms with Crippen LogP contribution in [0.4, 0.5) is 9.52 Å². The van der Waals surface area contributed by atoms with E-state index in [2.05, 4.69) is 11.9 Å². The summed E-state index contributed by atoms with van der Waals surface area (Å²) in [7, 11) is 0. The largest absolute Gasteiger partial charge is 0.286 e. The Bertz CT molecular complexity index is 512. The molecule has 2 rings (SSSR count). The number of hydrogen-bond donors (Lipinski definition) is 1. The van der Waals surface area contributed by atoms with Crippen molar-refractivity contribution in [3.8, 4) is 0 Å². The molecule has 0 unspecified atom stereocenters. The lowest BCUT2D eigenvalue weighted by molar-refractivity contribution is 0.629. The van der Waals surface area contributed by atoms with Gasteiger partial charge in [0.25, 0.3) is 0 Å². The van der Waals surface area contributed by atoms with Gasteiger partial charge in [-0.25, -0.2) is 15.2 Å². The third-order valence-corrected chi connectivity index (χ3v) is 3.91. The van der Waals surface area contributed by atoms with Crippen molar-refractivity contribution in [2.24, 2.45) is 5.84 Å². The van der Waals surface area contributed by atoms with Crippen molar-refractivity contribution in [3.05, 3.63) is 24.0 Å². The van der Waals surface area contributed by atoms with Gasteiger partial charge in [-0.2, -0.15) is 0 Å². The van der Waals surface area contributed by atoms with Crippen LogP contribution in [0.2, 0.25) is 0 Å². The second-order valence-electron chi connectivity index (χ2n) is 4.36. The first kappa shape index (κ1) is 13.2. The maximum absolute atomic E-state index is 13.1. The normalized spacial score (nSPS) is 11.1. The van der Waals surface area contributed by atoms with Crippen molar-refractivity contribution in [3.63, 3.8) is 0 Å². The molecule has 0 aliphatic rings. The van der Waals surface area contributed by atoms with Crippen molar-refractivity contribution in [2.45, 2.75) is 32.6 Å². The zero-order chi connectivity index (χ0) is 13.0. The molecule has 18 heavy (non-hydrogen) atoms. The first-order valence-electron chi connectivity index (χ1n) is 6.29. The number of thiazole rings is 1. The molecule has 1 aromatic heterocycles. The number of anilines is 1. The minimum absolute atomic E-state index is 0.258. The molecule has 2 N–H and O–H groups in total. The van der Waals surface area contributed by atoms with E-state index in [-0.39, 0.29) is 5.82 Å². The van der Waals surface area contributed by atoms with E-state index in [0.29, 0.717) is 5.52 Å². The lowest BCUT2D eigenvalue weighted by Crippen LogP contribution is -2.31. The molecule has 1 heterocycles. The highest BCUT2D eigenvalue weighted by Gasteiger charge is 2.09. The molecule has 0 amide bonds. The van der Waals surface area contributed by atoms with Crippen molar-refractivity contribution in [1.29, 1.82) is 0 Å². The maximum Gasteiger partial charge on any atom is 0.200 e. The summed E-state index contributed by atoms with van der Waals surface area (Å²) in [6.45, 7) is 2.98. The van der Waals surface area contributed by atoms with Gasteiger partial charge in [0.2, 0.25) is 5.13 Å². The summed E-state index contributed by atoms with van der Waals surface area (Å²) in [5.41, 5.74) is 0.680. The lowest BCUT2D eigenvalue weighted by Gasteiger charge is -2.14. The van der Waals surface area contributed by atoms with Crippen LogP contribution in [0.3, 0.4) is 0 Å². The van der Waals surface area contributed by atoms with Crippen LogP contribution >= 0.6 is 11.3 Å². The Kier molecular flexibility index (Phi) is 4.49. The predicted octanol–water partition coefficient (Wildman–Crippen LogP) is 3.70. The zero-order valence-electron chi connectivity index (χ0n) is 10.5. The van der Waals surface area contributed by atoms with E-state index < -0.39 is 0 Å². The van der Waals surface area contributed by atoms with Gasteiger partial charge in [0.1, 0.15) is 5.82 Å². The second kappa shape index (κ2) is 6.11.